The number of ether oxygens (including phenoxy) is 2. The Bertz CT molecular complexity index is 1260. The number of carbonyl (C=O) groups excluding carboxylic acids is 2. The molecule has 0 bridgehead atoms. The molecule has 34 heavy (non-hydrogen) atoms. The minimum atomic E-state index is -0.510. The molecule has 3 heterocycles. The summed E-state index contributed by atoms with van der Waals surface area (Å²) in [5, 5.41) is 11.5. The van der Waals surface area contributed by atoms with Gasteiger partial charge in [0.05, 0.1) is 16.6 Å². The van der Waals surface area contributed by atoms with Crippen LogP contribution >= 0.6 is 11.8 Å². The summed E-state index contributed by atoms with van der Waals surface area (Å²) in [5.74, 6) is 1.52. The van der Waals surface area contributed by atoms with E-state index < -0.39 is 11.4 Å². The Morgan fingerprint density at radius 3 is 2.82 bits per heavy atom. The first-order valence-electron chi connectivity index (χ1n) is 10.8. The molecule has 1 aromatic heterocycles. The van der Waals surface area contributed by atoms with Crippen molar-refractivity contribution in [2.45, 2.75) is 30.0 Å². The van der Waals surface area contributed by atoms with Crippen LogP contribution in [0.5, 0.6) is 11.5 Å². The Morgan fingerprint density at radius 1 is 1.24 bits per heavy atom. The van der Waals surface area contributed by atoms with E-state index in [4.69, 9.17) is 9.47 Å². The van der Waals surface area contributed by atoms with E-state index in [9.17, 15) is 9.59 Å². The lowest BCUT2D eigenvalue weighted by Crippen LogP contribution is -2.45. The number of amides is 2. The fraction of sp³-hybridized carbons (Fsp3) is 0.250. The van der Waals surface area contributed by atoms with Crippen LogP contribution in [-0.4, -0.2) is 45.0 Å². The van der Waals surface area contributed by atoms with Gasteiger partial charge in [0.15, 0.2) is 28.6 Å². The highest BCUT2D eigenvalue weighted by molar-refractivity contribution is 8.00. The summed E-state index contributed by atoms with van der Waals surface area (Å²) in [4.78, 5) is 27.0. The first kappa shape index (κ1) is 22.0. The van der Waals surface area contributed by atoms with E-state index >= 15 is 0 Å². The zero-order valence-corrected chi connectivity index (χ0v) is 19.3. The number of benzene rings is 2. The smallest absolute Gasteiger partial charge is 0.244 e. The average molecular weight is 478 g/mol. The largest absolute Gasteiger partial charge is 0.485 e. The van der Waals surface area contributed by atoms with Crippen LogP contribution in [0.15, 0.2) is 66.3 Å². The van der Waals surface area contributed by atoms with Crippen molar-refractivity contribution in [1.82, 2.24) is 14.8 Å². The van der Waals surface area contributed by atoms with Crippen molar-refractivity contribution in [3.63, 3.8) is 0 Å². The molecule has 2 amide bonds. The van der Waals surface area contributed by atoms with Gasteiger partial charge in [-0.15, -0.1) is 16.8 Å². The van der Waals surface area contributed by atoms with Crippen molar-refractivity contribution < 1.29 is 19.1 Å². The maximum absolute atomic E-state index is 13.3. The van der Waals surface area contributed by atoms with Gasteiger partial charge in [0.25, 0.3) is 0 Å². The van der Waals surface area contributed by atoms with Crippen LogP contribution in [-0.2, 0) is 16.1 Å². The van der Waals surface area contributed by atoms with Gasteiger partial charge in [0.2, 0.25) is 11.8 Å². The van der Waals surface area contributed by atoms with Gasteiger partial charge in [0.1, 0.15) is 13.2 Å². The van der Waals surface area contributed by atoms with Crippen molar-refractivity contribution >= 4 is 35.0 Å². The number of carbonyl (C=O) groups is 2. The van der Waals surface area contributed by atoms with Gasteiger partial charge in [0, 0.05) is 6.54 Å². The molecule has 9 nitrogen and oxygen atoms in total. The van der Waals surface area contributed by atoms with Gasteiger partial charge in [-0.1, -0.05) is 42.1 Å². The Kier molecular flexibility index (Phi) is 5.97. The van der Waals surface area contributed by atoms with Crippen LogP contribution in [0.25, 0.3) is 0 Å². The van der Waals surface area contributed by atoms with Crippen molar-refractivity contribution in [1.29, 1.82) is 0 Å². The maximum atomic E-state index is 13.3. The lowest BCUT2D eigenvalue weighted by Gasteiger charge is -2.30. The molecule has 0 spiro atoms. The van der Waals surface area contributed by atoms with Crippen LogP contribution in [0.4, 0.5) is 11.4 Å². The first-order chi connectivity index (χ1) is 16.5. The van der Waals surface area contributed by atoms with Crippen molar-refractivity contribution in [3.8, 4) is 11.5 Å². The van der Waals surface area contributed by atoms with Crippen LogP contribution in [0, 0.1) is 0 Å². The molecule has 2 atom stereocenters. The summed E-state index contributed by atoms with van der Waals surface area (Å²) in [5.41, 5.74) is 1.30. The zero-order chi connectivity index (χ0) is 23.7. The van der Waals surface area contributed by atoms with E-state index in [0.29, 0.717) is 47.0 Å². The van der Waals surface area contributed by atoms with E-state index in [1.165, 1.54) is 16.7 Å². The second kappa shape index (κ2) is 9.22. The normalized spacial score (nSPS) is 17.5. The van der Waals surface area contributed by atoms with E-state index in [0.717, 1.165) is 0 Å². The predicted octanol–water partition coefficient (Wildman–Crippen LogP) is 3.44. The van der Waals surface area contributed by atoms with Crippen LogP contribution < -0.4 is 19.7 Å². The van der Waals surface area contributed by atoms with Gasteiger partial charge < -0.3 is 14.8 Å². The van der Waals surface area contributed by atoms with Gasteiger partial charge >= 0.3 is 0 Å². The minimum Gasteiger partial charge on any atom is -0.485 e. The van der Waals surface area contributed by atoms with Crippen LogP contribution in [0.1, 0.15) is 18.9 Å². The number of hydrogen-bond donors (Lipinski definition) is 1. The molecular formula is C24H23N5O4S. The number of nitrogens with one attached hydrogen (secondary N) is 1. The molecule has 2 aromatic carbocycles. The number of thioether (sulfide) groups is 1. The third-order valence-electron chi connectivity index (χ3n) is 5.52. The molecular weight excluding hydrogens is 454 g/mol. The number of fused-ring (bicyclic) bond motifs is 2. The number of anilines is 2. The Morgan fingerprint density at radius 2 is 2.00 bits per heavy atom. The van der Waals surface area contributed by atoms with Gasteiger partial charge in [-0.25, -0.2) is 0 Å². The SMILES string of the molecule is C=CCn1c(S[C@@H](C)C(=O)N2CC(=O)Nc3ccccc32)nnc1[C@H]1COc2ccccc2O1. The lowest BCUT2D eigenvalue weighted by atomic mass is 10.2. The number of aromatic nitrogens is 3. The summed E-state index contributed by atoms with van der Waals surface area (Å²) >= 11 is 1.28. The molecule has 1 N–H and O–H groups in total. The lowest BCUT2D eigenvalue weighted by molar-refractivity contribution is -0.121. The third-order valence-corrected chi connectivity index (χ3v) is 6.59. The zero-order valence-electron chi connectivity index (χ0n) is 18.5. The van der Waals surface area contributed by atoms with Crippen LogP contribution in [0.2, 0.25) is 0 Å². The molecule has 174 valence electrons. The van der Waals surface area contributed by atoms with E-state index in [2.05, 4.69) is 22.1 Å². The highest BCUT2D eigenvalue weighted by atomic mass is 32.2. The molecule has 3 aromatic rings. The topological polar surface area (TPSA) is 98.6 Å². The van der Waals surface area contributed by atoms with Crippen molar-refractivity contribution in [2.24, 2.45) is 0 Å². The fourth-order valence-corrected chi connectivity index (χ4v) is 4.86. The summed E-state index contributed by atoms with van der Waals surface area (Å²) in [7, 11) is 0. The van der Waals surface area contributed by atoms with Crippen LogP contribution in [0.3, 0.4) is 0 Å². The van der Waals surface area contributed by atoms with E-state index in [1.54, 1.807) is 19.1 Å². The number of hydrogen-bond acceptors (Lipinski definition) is 7. The van der Waals surface area contributed by atoms with Crippen molar-refractivity contribution in [2.75, 3.05) is 23.4 Å². The summed E-state index contributed by atoms with van der Waals surface area (Å²) in [6.45, 7) is 6.35. The third kappa shape index (κ3) is 4.12. The highest BCUT2D eigenvalue weighted by Crippen LogP contribution is 2.37. The number of allylic oxidation sites excluding steroid dienone is 1. The molecule has 0 unspecified atom stereocenters. The standard InChI is InChI=1S/C24H23N5O4S/c1-3-12-28-22(20-14-32-18-10-6-7-11-19(18)33-20)26-27-24(28)34-15(2)23(31)29-13-21(30)25-16-8-4-5-9-17(16)29/h3-11,15,20H,1,12-14H2,2H3,(H,25,30)/t15-,20+/m0/s1. The Balaban J connectivity index is 1.37. The molecule has 10 heteroatoms. The quantitative estimate of drug-likeness (QED) is 0.429. The predicted molar refractivity (Wildman–Crippen MR) is 128 cm³/mol. The Labute approximate surface area is 200 Å². The fourth-order valence-electron chi connectivity index (χ4n) is 3.93. The molecule has 0 saturated heterocycles. The number of rotatable bonds is 6. The molecule has 0 aliphatic carbocycles. The molecule has 5 rings (SSSR count). The molecule has 2 aliphatic heterocycles. The van der Waals surface area contributed by atoms with Gasteiger partial charge in [-0.3, -0.25) is 19.1 Å². The highest BCUT2D eigenvalue weighted by Gasteiger charge is 2.33. The molecule has 2 aliphatic rings. The molecule has 0 fully saturated rings. The summed E-state index contributed by atoms with van der Waals surface area (Å²) in [6, 6.07) is 14.7. The van der Waals surface area contributed by atoms with E-state index in [1.807, 2.05) is 47.0 Å². The first-order valence-corrected chi connectivity index (χ1v) is 11.7. The summed E-state index contributed by atoms with van der Waals surface area (Å²) in [6.07, 6.45) is 1.30. The molecule has 0 saturated carbocycles. The number of para-hydroxylation sites is 4. The Hall–Kier alpha value is -3.79. The summed E-state index contributed by atoms with van der Waals surface area (Å²) < 4.78 is 13.8. The second-order valence-electron chi connectivity index (χ2n) is 7.85. The monoisotopic (exact) mass is 477 g/mol. The number of nitrogens with zero attached hydrogens (tertiary/aromatic N) is 4. The van der Waals surface area contributed by atoms with Crippen molar-refractivity contribution in [3.05, 3.63) is 67.0 Å². The second-order valence-corrected chi connectivity index (χ2v) is 9.16. The molecule has 0 radical (unpaired) electrons. The average Bonchev–Trinajstić information content (AvgIpc) is 3.24. The van der Waals surface area contributed by atoms with Gasteiger partial charge in [-0.05, 0) is 31.2 Å². The minimum absolute atomic E-state index is 0.0298. The maximum Gasteiger partial charge on any atom is 0.244 e. The van der Waals surface area contributed by atoms with Gasteiger partial charge in [-0.2, -0.15) is 0 Å². The van der Waals surface area contributed by atoms with E-state index in [-0.39, 0.29) is 18.4 Å².